The second-order valence-corrected chi connectivity index (χ2v) is 8.76. The summed E-state index contributed by atoms with van der Waals surface area (Å²) in [7, 11) is 1.45. The minimum atomic E-state index is -4.70. The van der Waals surface area contributed by atoms with Crippen molar-refractivity contribution < 1.29 is 32.2 Å². The molecule has 1 N–H and O–H groups in total. The Labute approximate surface area is 208 Å². The fraction of sp³-hybridized carbons (Fsp3) is 0.250. The van der Waals surface area contributed by atoms with Crippen molar-refractivity contribution in [2.24, 2.45) is 10.1 Å². The predicted octanol–water partition coefficient (Wildman–Crippen LogP) is 4.95. The van der Waals surface area contributed by atoms with Crippen molar-refractivity contribution in [3.05, 3.63) is 58.7 Å². The molecule has 0 radical (unpaired) electrons. The molecule has 2 aliphatic heterocycles. The fourth-order valence-corrected chi connectivity index (χ4v) is 4.19. The van der Waals surface area contributed by atoms with E-state index in [1.807, 2.05) is 32.0 Å². The van der Waals surface area contributed by atoms with E-state index in [1.165, 1.54) is 13.2 Å². The summed E-state index contributed by atoms with van der Waals surface area (Å²) < 4.78 is 55.8. The number of nitrogens with zero attached hydrogens (tertiary/aromatic N) is 3. The van der Waals surface area contributed by atoms with Crippen molar-refractivity contribution in [1.29, 1.82) is 5.41 Å². The fourth-order valence-electron chi connectivity index (χ4n) is 3.43. The van der Waals surface area contributed by atoms with Crippen LogP contribution in [-0.2, 0) is 4.79 Å². The highest BCUT2D eigenvalue weighted by atomic mass is 32.2. The lowest BCUT2D eigenvalue weighted by molar-refractivity contribution is -0.114. The maximum atomic E-state index is 13.0. The number of nitrogens with one attached hydrogen (secondary N) is 1. The van der Waals surface area contributed by atoms with Crippen LogP contribution in [0, 0.1) is 19.3 Å². The molecule has 4 rings (SSSR count). The molecule has 188 valence electrons. The highest BCUT2D eigenvalue weighted by molar-refractivity contribution is 8.27. The molecule has 2 aromatic rings. The number of thioether (sulfide) groups is 1. The van der Waals surface area contributed by atoms with Crippen molar-refractivity contribution in [1.82, 2.24) is 5.01 Å². The average molecular weight is 519 g/mol. The Hall–Kier alpha value is -3.80. The van der Waals surface area contributed by atoms with Crippen LogP contribution in [0.15, 0.2) is 52.1 Å². The van der Waals surface area contributed by atoms with Gasteiger partial charge in [0, 0.05) is 0 Å². The van der Waals surface area contributed by atoms with E-state index in [0.29, 0.717) is 28.7 Å². The number of hydrogen-bond acceptors (Lipinski definition) is 7. The summed E-state index contributed by atoms with van der Waals surface area (Å²) in [6, 6.07) is 10.7. The molecule has 0 unspecified atom stereocenters. The van der Waals surface area contributed by atoms with Gasteiger partial charge < -0.3 is 14.2 Å². The van der Waals surface area contributed by atoms with Gasteiger partial charge in [0.15, 0.2) is 17.3 Å². The SMILES string of the molecule is COc1cc(C=C2C(=N)N3N=C(C(F)(F)F)SC3=NC2=O)ccc1OCCOc1ccc(C)cc1C. The monoisotopic (exact) mass is 518 g/mol. The molecule has 2 aromatic carbocycles. The molecule has 2 aliphatic rings. The number of carbonyl (C=O) groups is 1. The number of rotatable bonds is 7. The number of carbonyl (C=O) groups excluding carboxylic acids is 1. The van der Waals surface area contributed by atoms with Gasteiger partial charge in [-0.05, 0) is 61.0 Å². The van der Waals surface area contributed by atoms with Crippen molar-refractivity contribution in [3.8, 4) is 17.2 Å². The minimum absolute atomic E-state index is 0.200. The normalized spacial score (nSPS) is 16.6. The van der Waals surface area contributed by atoms with Gasteiger partial charge in [0.05, 0.1) is 12.7 Å². The number of hydrazone groups is 1. The zero-order chi connectivity index (χ0) is 26.0. The first-order chi connectivity index (χ1) is 17.1. The van der Waals surface area contributed by atoms with Gasteiger partial charge in [0.1, 0.15) is 19.0 Å². The quantitative estimate of drug-likeness (QED) is 0.412. The van der Waals surface area contributed by atoms with Gasteiger partial charge >= 0.3 is 6.18 Å². The lowest BCUT2D eigenvalue weighted by atomic mass is 10.1. The van der Waals surface area contributed by atoms with Gasteiger partial charge in [-0.15, -0.1) is 0 Å². The molecule has 36 heavy (non-hydrogen) atoms. The van der Waals surface area contributed by atoms with Crippen LogP contribution in [0.4, 0.5) is 13.2 Å². The Morgan fingerprint density at radius 3 is 2.42 bits per heavy atom. The van der Waals surface area contributed by atoms with Crippen LogP contribution in [0.1, 0.15) is 16.7 Å². The maximum Gasteiger partial charge on any atom is 0.441 e. The molecule has 0 bridgehead atoms. The van der Waals surface area contributed by atoms with Gasteiger partial charge in [-0.25, -0.2) is 0 Å². The van der Waals surface area contributed by atoms with E-state index in [-0.39, 0.29) is 29.1 Å². The third-order valence-corrected chi connectivity index (χ3v) is 6.08. The molecular formula is C24H21F3N4O4S. The average Bonchev–Trinajstić information content (AvgIpc) is 3.26. The molecule has 1 amide bonds. The van der Waals surface area contributed by atoms with E-state index < -0.39 is 23.0 Å². The summed E-state index contributed by atoms with van der Waals surface area (Å²) in [5.41, 5.74) is 2.43. The molecule has 12 heteroatoms. The van der Waals surface area contributed by atoms with Crippen LogP contribution in [0.2, 0.25) is 0 Å². The van der Waals surface area contributed by atoms with Crippen molar-refractivity contribution in [3.63, 3.8) is 0 Å². The van der Waals surface area contributed by atoms with Crippen molar-refractivity contribution >= 4 is 39.8 Å². The highest BCUT2D eigenvalue weighted by Gasteiger charge is 2.46. The number of halogens is 3. The van der Waals surface area contributed by atoms with Crippen molar-refractivity contribution in [2.75, 3.05) is 20.3 Å². The second-order valence-electron chi connectivity index (χ2n) is 7.80. The summed E-state index contributed by atoms with van der Waals surface area (Å²) in [4.78, 5) is 16.1. The van der Waals surface area contributed by atoms with Crippen LogP contribution in [0.5, 0.6) is 17.2 Å². The third-order valence-electron chi connectivity index (χ3n) is 5.12. The molecule has 0 atom stereocenters. The Morgan fingerprint density at radius 1 is 1.06 bits per heavy atom. The summed E-state index contributed by atoms with van der Waals surface area (Å²) >= 11 is 0.200. The lowest BCUT2D eigenvalue weighted by Gasteiger charge is -2.20. The summed E-state index contributed by atoms with van der Waals surface area (Å²) in [6.07, 6.45) is -3.36. The topological polar surface area (TPSA) is 96.6 Å². The number of benzene rings is 2. The van der Waals surface area contributed by atoms with Crippen LogP contribution >= 0.6 is 11.8 Å². The van der Waals surface area contributed by atoms with Crippen LogP contribution in [-0.4, -0.2) is 53.5 Å². The first kappa shape index (κ1) is 25.3. The number of alkyl halides is 3. The molecule has 0 saturated carbocycles. The number of methoxy groups -OCH3 is 1. The standard InChI is InChI=1S/C24H21F3N4O4S/c1-13-4-6-17(14(2)10-13)34-8-9-35-18-7-5-15(12-19(18)33-3)11-16-20(28)31-23(29-21(16)32)36-22(30-31)24(25,26)27/h4-7,10-12,28H,8-9H2,1-3H3. The van der Waals surface area contributed by atoms with E-state index in [4.69, 9.17) is 19.6 Å². The highest BCUT2D eigenvalue weighted by Crippen LogP contribution is 2.36. The largest absolute Gasteiger partial charge is 0.493 e. The second kappa shape index (κ2) is 10.1. The maximum absolute atomic E-state index is 13.0. The van der Waals surface area contributed by atoms with Gasteiger partial charge in [-0.1, -0.05) is 23.8 Å². The number of aryl methyl sites for hydroxylation is 2. The zero-order valence-electron chi connectivity index (χ0n) is 19.5. The molecule has 0 aromatic heterocycles. The van der Waals surface area contributed by atoms with E-state index in [2.05, 4.69) is 10.1 Å². The van der Waals surface area contributed by atoms with Gasteiger partial charge in [-0.2, -0.15) is 28.3 Å². The van der Waals surface area contributed by atoms with Crippen LogP contribution in [0.25, 0.3) is 6.08 Å². The smallest absolute Gasteiger partial charge is 0.441 e. The molecule has 0 fully saturated rings. The molecule has 0 aliphatic carbocycles. The lowest BCUT2D eigenvalue weighted by Crippen LogP contribution is -2.35. The predicted molar refractivity (Wildman–Crippen MR) is 131 cm³/mol. The van der Waals surface area contributed by atoms with Gasteiger partial charge in [-0.3, -0.25) is 10.2 Å². The van der Waals surface area contributed by atoms with Gasteiger partial charge in [0.2, 0.25) is 10.2 Å². The number of amidine groups is 2. The van der Waals surface area contributed by atoms with Crippen molar-refractivity contribution in [2.45, 2.75) is 20.0 Å². The molecule has 8 nitrogen and oxygen atoms in total. The summed E-state index contributed by atoms with van der Waals surface area (Å²) in [5.74, 6) is 0.236. The Balaban J connectivity index is 1.45. The zero-order valence-corrected chi connectivity index (χ0v) is 20.3. The van der Waals surface area contributed by atoms with Crippen LogP contribution < -0.4 is 14.2 Å². The van der Waals surface area contributed by atoms with E-state index in [1.54, 1.807) is 18.2 Å². The minimum Gasteiger partial charge on any atom is -0.493 e. The Kier molecular flexibility index (Phi) is 7.07. The number of fused-ring (bicyclic) bond motifs is 1. The number of amides is 1. The van der Waals surface area contributed by atoms with E-state index in [0.717, 1.165) is 16.9 Å². The number of hydrogen-bond donors (Lipinski definition) is 1. The van der Waals surface area contributed by atoms with Crippen LogP contribution in [0.3, 0.4) is 0 Å². The molecular weight excluding hydrogens is 497 g/mol. The van der Waals surface area contributed by atoms with Gasteiger partial charge in [0.25, 0.3) is 5.91 Å². The third kappa shape index (κ3) is 5.38. The first-order valence-electron chi connectivity index (χ1n) is 10.6. The van der Waals surface area contributed by atoms with E-state index in [9.17, 15) is 18.0 Å². The number of ether oxygens (including phenoxy) is 3. The van der Waals surface area contributed by atoms with E-state index >= 15 is 0 Å². The summed E-state index contributed by atoms with van der Waals surface area (Å²) in [5, 5.41) is 10.8. The summed E-state index contributed by atoms with van der Waals surface area (Å²) in [6.45, 7) is 4.52. The Bertz CT molecular complexity index is 1320. The first-order valence-corrected chi connectivity index (χ1v) is 11.5. The molecule has 0 saturated heterocycles. The Morgan fingerprint density at radius 2 is 1.75 bits per heavy atom. The number of aliphatic imine (C=N–C) groups is 1. The molecule has 2 heterocycles. The molecule has 0 spiro atoms.